The van der Waals surface area contributed by atoms with Crippen molar-refractivity contribution in [2.24, 2.45) is 5.73 Å². The SMILES string of the molecule is CC(C)N(CC(N)=O)c1cc(C(=O)O)c2ccccc2n1. The maximum atomic E-state index is 11.4. The van der Waals surface area contributed by atoms with Crippen LogP contribution in [-0.4, -0.2) is 34.6 Å². The van der Waals surface area contributed by atoms with Crippen LogP contribution in [0.4, 0.5) is 5.82 Å². The Morgan fingerprint density at radius 3 is 2.57 bits per heavy atom. The molecule has 110 valence electrons. The van der Waals surface area contributed by atoms with Crippen molar-refractivity contribution in [1.82, 2.24) is 4.98 Å². The van der Waals surface area contributed by atoms with Crippen molar-refractivity contribution in [2.75, 3.05) is 11.4 Å². The number of para-hydroxylation sites is 1. The molecule has 0 bridgehead atoms. The van der Waals surface area contributed by atoms with Gasteiger partial charge in [0.25, 0.3) is 0 Å². The maximum absolute atomic E-state index is 11.4. The van der Waals surface area contributed by atoms with E-state index in [0.717, 1.165) is 0 Å². The monoisotopic (exact) mass is 287 g/mol. The third kappa shape index (κ3) is 3.10. The van der Waals surface area contributed by atoms with E-state index in [1.807, 2.05) is 13.8 Å². The molecule has 1 aromatic carbocycles. The van der Waals surface area contributed by atoms with Gasteiger partial charge in [-0.1, -0.05) is 18.2 Å². The van der Waals surface area contributed by atoms with Crippen LogP contribution in [0.2, 0.25) is 0 Å². The lowest BCUT2D eigenvalue weighted by atomic mass is 10.1. The number of nitrogens with two attached hydrogens (primary N) is 1. The topological polar surface area (TPSA) is 96.5 Å². The number of hydrogen-bond donors (Lipinski definition) is 2. The minimum absolute atomic E-state index is 0.0118. The molecule has 1 heterocycles. The van der Waals surface area contributed by atoms with Crippen molar-refractivity contribution >= 4 is 28.6 Å². The molecule has 0 fully saturated rings. The molecule has 0 radical (unpaired) electrons. The van der Waals surface area contributed by atoms with E-state index < -0.39 is 11.9 Å². The number of carbonyl (C=O) groups is 2. The lowest BCUT2D eigenvalue weighted by molar-refractivity contribution is -0.116. The maximum Gasteiger partial charge on any atom is 0.336 e. The minimum Gasteiger partial charge on any atom is -0.478 e. The third-order valence-electron chi connectivity index (χ3n) is 3.18. The molecular weight excluding hydrogens is 270 g/mol. The first-order chi connectivity index (χ1) is 9.90. The molecule has 0 saturated carbocycles. The van der Waals surface area contributed by atoms with Crippen LogP contribution in [0.5, 0.6) is 0 Å². The molecule has 0 spiro atoms. The number of anilines is 1. The number of carboxylic acid groups (broad SMARTS) is 1. The van der Waals surface area contributed by atoms with Crippen molar-refractivity contribution in [1.29, 1.82) is 0 Å². The van der Waals surface area contributed by atoms with Gasteiger partial charge in [-0.2, -0.15) is 0 Å². The number of nitrogens with zero attached hydrogens (tertiary/aromatic N) is 2. The summed E-state index contributed by atoms with van der Waals surface area (Å²) < 4.78 is 0. The summed E-state index contributed by atoms with van der Waals surface area (Å²) in [5, 5.41) is 9.94. The normalized spacial score (nSPS) is 10.8. The zero-order valence-electron chi connectivity index (χ0n) is 11.9. The van der Waals surface area contributed by atoms with E-state index in [0.29, 0.717) is 16.7 Å². The van der Waals surface area contributed by atoms with Gasteiger partial charge in [0.1, 0.15) is 5.82 Å². The first-order valence-electron chi connectivity index (χ1n) is 6.58. The van der Waals surface area contributed by atoms with Crippen LogP contribution in [0, 0.1) is 0 Å². The van der Waals surface area contributed by atoms with Gasteiger partial charge in [0.05, 0.1) is 17.6 Å². The summed E-state index contributed by atoms with van der Waals surface area (Å²) in [6.45, 7) is 3.77. The number of primary amides is 1. The highest BCUT2D eigenvalue weighted by atomic mass is 16.4. The van der Waals surface area contributed by atoms with Crippen molar-refractivity contribution in [3.05, 3.63) is 35.9 Å². The average Bonchev–Trinajstić information content (AvgIpc) is 2.42. The molecule has 0 saturated heterocycles. The molecule has 6 nitrogen and oxygen atoms in total. The van der Waals surface area contributed by atoms with Gasteiger partial charge >= 0.3 is 5.97 Å². The Balaban J connectivity index is 2.63. The number of pyridine rings is 1. The average molecular weight is 287 g/mol. The number of aromatic nitrogens is 1. The predicted octanol–water partition coefficient (Wildman–Crippen LogP) is 1.63. The Morgan fingerprint density at radius 2 is 2.00 bits per heavy atom. The van der Waals surface area contributed by atoms with E-state index in [1.165, 1.54) is 6.07 Å². The molecular formula is C15H17N3O3. The summed E-state index contributed by atoms with van der Waals surface area (Å²) >= 11 is 0. The molecule has 0 aliphatic rings. The van der Waals surface area contributed by atoms with Crippen molar-refractivity contribution in [3.63, 3.8) is 0 Å². The van der Waals surface area contributed by atoms with E-state index in [9.17, 15) is 14.7 Å². The fraction of sp³-hybridized carbons (Fsp3) is 0.267. The number of carboxylic acids is 1. The van der Waals surface area contributed by atoms with Crippen molar-refractivity contribution in [3.8, 4) is 0 Å². The Bertz CT molecular complexity index is 698. The summed E-state index contributed by atoms with van der Waals surface area (Å²) in [4.78, 5) is 28.8. The number of fused-ring (bicyclic) bond motifs is 1. The molecule has 0 unspecified atom stereocenters. The Morgan fingerprint density at radius 1 is 1.33 bits per heavy atom. The first-order valence-corrected chi connectivity index (χ1v) is 6.58. The largest absolute Gasteiger partial charge is 0.478 e. The molecule has 1 amide bonds. The Kier molecular flexibility index (Phi) is 4.07. The highest BCUT2D eigenvalue weighted by molar-refractivity contribution is 6.03. The molecule has 3 N–H and O–H groups in total. The van der Waals surface area contributed by atoms with Crippen molar-refractivity contribution < 1.29 is 14.7 Å². The zero-order chi connectivity index (χ0) is 15.6. The van der Waals surface area contributed by atoms with E-state index in [1.54, 1.807) is 29.2 Å². The van der Waals surface area contributed by atoms with E-state index in [2.05, 4.69) is 4.98 Å². The van der Waals surface area contributed by atoms with Crippen molar-refractivity contribution in [2.45, 2.75) is 19.9 Å². The van der Waals surface area contributed by atoms with Crippen LogP contribution in [0.1, 0.15) is 24.2 Å². The molecule has 1 aromatic heterocycles. The van der Waals surface area contributed by atoms with E-state index >= 15 is 0 Å². The highest BCUT2D eigenvalue weighted by Gasteiger charge is 2.18. The number of rotatable bonds is 5. The second-order valence-electron chi connectivity index (χ2n) is 5.04. The second kappa shape index (κ2) is 5.78. The number of amides is 1. The molecule has 0 atom stereocenters. The van der Waals surface area contributed by atoms with E-state index in [-0.39, 0.29) is 18.2 Å². The summed E-state index contributed by atoms with van der Waals surface area (Å²) in [7, 11) is 0. The number of aromatic carboxylic acids is 1. The Labute approximate surface area is 122 Å². The van der Waals surface area contributed by atoms with Crippen LogP contribution in [0.25, 0.3) is 10.9 Å². The van der Waals surface area contributed by atoms with Gasteiger partial charge < -0.3 is 15.7 Å². The van der Waals surface area contributed by atoms with Crippen LogP contribution >= 0.6 is 0 Å². The summed E-state index contributed by atoms with van der Waals surface area (Å²) in [6.07, 6.45) is 0. The van der Waals surface area contributed by atoms with Gasteiger partial charge in [0.15, 0.2) is 0 Å². The van der Waals surface area contributed by atoms with Gasteiger partial charge in [-0.15, -0.1) is 0 Å². The lowest BCUT2D eigenvalue weighted by Crippen LogP contribution is -2.39. The molecule has 2 aromatic rings. The first kappa shape index (κ1) is 14.8. The van der Waals surface area contributed by atoms with E-state index in [4.69, 9.17) is 5.73 Å². The highest BCUT2D eigenvalue weighted by Crippen LogP contribution is 2.24. The number of hydrogen-bond acceptors (Lipinski definition) is 4. The molecule has 2 rings (SSSR count). The molecule has 21 heavy (non-hydrogen) atoms. The van der Waals surface area contributed by atoms with Crippen LogP contribution in [0.3, 0.4) is 0 Å². The Hall–Kier alpha value is -2.63. The zero-order valence-corrected chi connectivity index (χ0v) is 11.9. The fourth-order valence-electron chi connectivity index (χ4n) is 2.18. The van der Waals surface area contributed by atoms with Gasteiger partial charge in [0.2, 0.25) is 5.91 Å². The van der Waals surface area contributed by atoms with Crippen LogP contribution in [0.15, 0.2) is 30.3 Å². The molecule has 0 aliphatic carbocycles. The summed E-state index contributed by atoms with van der Waals surface area (Å²) in [5.74, 6) is -1.09. The van der Waals surface area contributed by atoms with Gasteiger partial charge in [0, 0.05) is 11.4 Å². The number of carbonyl (C=O) groups excluding carboxylic acids is 1. The standard InChI is InChI=1S/C15H17N3O3/c1-9(2)18(8-13(16)19)14-7-11(15(20)21)10-5-3-4-6-12(10)17-14/h3-7,9H,8H2,1-2H3,(H2,16,19)(H,20,21). The fourth-order valence-corrected chi connectivity index (χ4v) is 2.18. The smallest absolute Gasteiger partial charge is 0.336 e. The van der Waals surface area contributed by atoms with Crippen LogP contribution < -0.4 is 10.6 Å². The third-order valence-corrected chi connectivity index (χ3v) is 3.18. The van der Waals surface area contributed by atoms with Gasteiger partial charge in [-0.3, -0.25) is 4.79 Å². The second-order valence-corrected chi connectivity index (χ2v) is 5.04. The molecule has 0 aliphatic heterocycles. The quantitative estimate of drug-likeness (QED) is 0.871. The minimum atomic E-state index is -1.03. The predicted molar refractivity (Wildman–Crippen MR) is 80.4 cm³/mol. The molecule has 6 heteroatoms. The summed E-state index contributed by atoms with van der Waals surface area (Å²) in [5.41, 5.74) is 5.98. The number of benzene rings is 1. The van der Waals surface area contributed by atoms with Gasteiger partial charge in [-0.05, 0) is 26.0 Å². The lowest BCUT2D eigenvalue weighted by Gasteiger charge is -2.27. The van der Waals surface area contributed by atoms with Crippen LogP contribution in [-0.2, 0) is 4.79 Å². The van der Waals surface area contributed by atoms with Gasteiger partial charge in [-0.25, -0.2) is 9.78 Å². The summed E-state index contributed by atoms with van der Waals surface area (Å²) in [6, 6.07) is 8.45.